The number of nitrogens with zero attached hydrogens (tertiary/aromatic N) is 3. The van der Waals surface area contributed by atoms with Gasteiger partial charge in [-0.05, 0) is 50.1 Å². The number of amides is 1. The van der Waals surface area contributed by atoms with Gasteiger partial charge in [0.25, 0.3) is 5.91 Å². The van der Waals surface area contributed by atoms with Crippen LogP contribution in [0.5, 0.6) is 0 Å². The lowest BCUT2D eigenvalue weighted by molar-refractivity contribution is 0.0376. The number of hydrogen-bond acceptors (Lipinski definition) is 6. The first-order valence-corrected chi connectivity index (χ1v) is 11.9. The number of carbonyl (C=O) groups is 2. The molecule has 0 radical (unpaired) electrons. The van der Waals surface area contributed by atoms with E-state index in [2.05, 4.69) is 4.90 Å². The number of ketones is 1. The van der Waals surface area contributed by atoms with Crippen LogP contribution in [-0.4, -0.2) is 61.0 Å². The molecule has 0 bridgehead atoms. The molecule has 0 saturated carbocycles. The summed E-state index contributed by atoms with van der Waals surface area (Å²) in [7, 11) is 0. The molecule has 3 aromatic rings. The van der Waals surface area contributed by atoms with E-state index in [0.717, 1.165) is 55.0 Å². The smallest absolute Gasteiger partial charge is 0.260 e. The molecule has 6 nitrogen and oxygen atoms in total. The van der Waals surface area contributed by atoms with Crippen LogP contribution in [0.15, 0.2) is 36.4 Å². The Bertz CT molecular complexity index is 1120. The lowest BCUT2D eigenvalue weighted by Gasteiger charge is -2.27. The summed E-state index contributed by atoms with van der Waals surface area (Å²) >= 11 is 7.78. The molecular weight excluding hydrogens is 446 g/mol. The van der Waals surface area contributed by atoms with Crippen molar-refractivity contribution in [3.8, 4) is 0 Å². The second-order valence-corrected chi connectivity index (χ2v) is 9.33. The lowest BCUT2D eigenvalue weighted by atomic mass is 10.1. The molecule has 4 rings (SSSR count). The van der Waals surface area contributed by atoms with Crippen LogP contribution in [0.1, 0.15) is 39.6 Å². The van der Waals surface area contributed by atoms with E-state index in [9.17, 15) is 9.59 Å². The number of ether oxygens (including phenoxy) is 1. The van der Waals surface area contributed by atoms with Gasteiger partial charge in [0.05, 0.1) is 23.4 Å². The average molecular weight is 472 g/mol. The van der Waals surface area contributed by atoms with Gasteiger partial charge in [0.15, 0.2) is 10.9 Å². The van der Waals surface area contributed by atoms with Gasteiger partial charge in [-0.3, -0.25) is 19.4 Å². The number of halogens is 1. The van der Waals surface area contributed by atoms with E-state index in [1.807, 2.05) is 19.1 Å². The predicted molar refractivity (Wildman–Crippen MR) is 129 cm³/mol. The highest BCUT2D eigenvalue weighted by molar-refractivity contribution is 7.22. The van der Waals surface area contributed by atoms with Crippen molar-refractivity contribution in [2.45, 2.75) is 20.3 Å². The van der Waals surface area contributed by atoms with Crippen LogP contribution in [0.4, 0.5) is 5.13 Å². The Kier molecular flexibility index (Phi) is 7.20. The summed E-state index contributed by atoms with van der Waals surface area (Å²) in [5.74, 6) is -0.144. The summed E-state index contributed by atoms with van der Waals surface area (Å²) in [6, 6.07) is 10.6. The van der Waals surface area contributed by atoms with E-state index in [0.29, 0.717) is 27.8 Å². The molecule has 1 saturated heterocycles. The number of benzene rings is 2. The van der Waals surface area contributed by atoms with Crippen molar-refractivity contribution in [3.05, 3.63) is 58.1 Å². The molecule has 0 unspecified atom stereocenters. The summed E-state index contributed by atoms with van der Waals surface area (Å²) in [5, 5.41) is 1.33. The molecule has 168 valence electrons. The molecule has 0 spiro atoms. The summed E-state index contributed by atoms with van der Waals surface area (Å²) in [6.45, 7) is 8.25. The fraction of sp³-hybridized carbons (Fsp3) is 0.375. The number of rotatable bonds is 7. The first kappa shape index (κ1) is 22.9. The van der Waals surface area contributed by atoms with Crippen molar-refractivity contribution in [1.82, 2.24) is 9.88 Å². The molecule has 2 heterocycles. The molecule has 1 fully saturated rings. The third kappa shape index (κ3) is 5.02. The highest BCUT2D eigenvalue weighted by atomic mass is 35.5. The van der Waals surface area contributed by atoms with Gasteiger partial charge in [-0.15, -0.1) is 0 Å². The number of carbonyl (C=O) groups excluding carboxylic acids is 2. The van der Waals surface area contributed by atoms with Gasteiger partial charge >= 0.3 is 0 Å². The van der Waals surface area contributed by atoms with Gasteiger partial charge in [-0.25, -0.2) is 4.98 Å². The Balaban J connectivity index is 1.60. The molecule has 1 aliphatic heterocycles. The number of anilines is 1. The van der Waals surface area contributed by atoms with Crippen LogP contribution >= 0.6 is 22.9 Å². The minimum Gasteiger partial charge on any atom is -0.379 e. The Hall–Kier alpha value is -2.32. The summed E-state index contributed by atoms with van der Waals surface area (Å²) in [5.41, 5.74) is 2.87. The maximum Gasteiger partial charge on any atom is 0.260 e. The van der Waals surface area contributed by atoms with Crippen LogP contribution in [0, 0.1) is 6.92 Å². The van der Waals surface area contributed by atoms with Gasteiger partial charge in [-0.2, -0.15) is 0 Å². The van der Waals surface area contributed by atoms with Crippen LogP contribution in [-0.2, 0) is 4.74 Å². The van der Waals surface area contributed by atoms with Crippen LogP contribution < -0.4 is 4.90 Å². The fourth-order valence-electron chi connectivity index (χ4n) is 3.77. The van der Waals surface area contributed by atoms with E-state index in [1.165, 1.54) is 18.3 Å². The molecule has 8 heteroatoms. The highest BCUT2D eigenvalue weighted by Gasteiger charge is 2.23. The summed E-state index contributed by atoms with van der Waals surface area (Å²) < 4.78 is 6.42. The predicted octanol–water partition coefficient (Wildman–Crippen LogP) is 4.83. The number of hydrogen-bond donors (Lipinski definition) is 0. The van der Waals surface area contributed by atoms with Crippen molar-refractivity contribution >= 4 is 50.0 Å². The number of Topliss-reactive ketones (excluding diaryl/α,β-unsaturated/α-hetero) is 1. The minimum atomic E-state index is -0.120. The SMILES string of the molecule is CC(=O)c1ccc(C(=O)N(CCCN2CCOCC2)c2nc3c(C)c(Cl)ccc3s2)cc1. The zero-order chi connectivity index (χ0) is 22.7. The van der Waals surface area contributed by atoms with Gasteiger partial charge in [0.2, 0.25) is 0 Å². The fourth-order valence-corrected chi connectivity index (χ4v) is 4.97. The molecule has 0 N–H and O–H groups in total. The van der Waals surface area contributed by atoms with Crippen molar-refractivity contribution in [2.24, 2.45) is 0 Å². The summed E-state index contributed by atoms with van der Waals surface area (Å²) in [6.07, 6.45) is 0.826. The molecule has 1 aromatic heterocycles. The van der Waals surface area contributed by atoms with Crippen molar-refractivity contribution in [3.63, 3.8) is 0 Å². The van der Waals surface area contributed by atoms with E-state index in [-0.39, 0.29) is 11.7 Å². The zero-order valence-electron chi connectivity index (χ0n) is 18.3. The topological polar surface area (TPSA) is 62.7 Å². The number of fused-ring (bicyclic) bond motifs is 1. The Morgan fingerprint density at radius 2 is 1.81 bits per heavy atom. The molecule has 1 amide bonds. The second-order valence-electron chi connectivity index (χ2n) is 7.91. The molecule has 32 heavy (non-hydrogen) atoms. The average Bonchev–Trinajstić information content (AvgIpc) is 3.24. The number of aromatic nitrogens is 1. The first-order chi connectivity index (χ1) is 15.4. The number of aryl methyl sites for hydroxylation is 1. The van der Waals surface area contributed by atoms with Gasteiger partial charge in [0, 0.05) is 42.3 Å². The largest absolute Gasteiger partial charge is 0.379 e. The number of thiazole rings is 1. The molecule has 0 atom stereocenters. The molecular formula is C24H26ClN3O3S. The second kappa shape index (κ2) is 10.1. The number of morpholine rings is 1. The maximum absolute atomic E-state index is 13.5. The van der Waals surface area contributed by atoms with Gasteiger partial charge in [0.1, 0.15) is 0 Å². The normalized spacial score (nSPS) is 14.6. The molecule has 0 aliphatic carbocycles. The van der Waals surface area contributed by atoms with E-state index < -0.39 is 0 Å². The van der Waals surface area contributed by atoms with Crippen LogP contribution in [0.3, 0.4) is 0 Å². The zero-order valence-corrected chi connectivity index (χ0v) is 19.8. The van der Waals surface area contributed by atoms with E-state index in [1.54, 1.807) is 29.2 Å². The molecule has 2 aromatic carbocycles. The Labute approximate surface area is 196 Å². The van der Waals surface area contributed by atoms with E-state index >= 15 is 0 Å². The van der Waals surface area contributed by atoms with Crippen LogP contribution in [0.25, 0.3) is 10.2 Å². The van der Waals surface area contributed by atoms with Crippen LogP contribution in [0.2, 0.25) is 5.02 Å². The Morgan fingerprint density at radius 1 is 1.12 bits per heavy atom. The van der Waals surface area contributed by atoms with Crippen molar-refractivity contribution in [1.29, 1.82) is 0 Å². The maximum atomic E-state index is 13.5. The lowest BCUT2D eigenvalue weighted by Crippen LogP contribution is -2.39. The summed E-state index contributed by atoms with van der Waals surface area (Å²) in [4.78, 5) is 34.0. The monoisotopic (exact) mass is 471 g/mol. The molecule has 1 aliphatic rings. The van der Waals surface area contributed by atoms with Crippen molar-refractivity contribution < 1.29 is 14.3 Å². The third-order valence-electron chi connectivity index (χ3n) is 5.71. The van der Waals surface area contributed by atoms with E-state index in [4.69, 9.17) is 21.3 Å². The quantitative estimate of drug-likeness (QED) is 0.462. The highest BCUT2D eigenvalue weighted by Crippen LogP contribution is 2.34. The van der Waals surface area contributed by atoms with Crippen molar-refractivity contribution in [2.75, 3.05) is 44.3 Å². The third-order valence-corrected chi connectivity index (χ3v) is 7.16. The van der Waals surface area contributed by atoms with Gasteiger partial charge < -0.3 is 4.74 Å². The van der Waals surface area contributed by atoms with Gasteiger partial charge in [-0.1, -0.05) is 35.1 Å². The minimum absolute atomic E-state index is 0.0232. The Morgan fingerprint density at radius 3 is 2.50 bits per heavy atom. The first-order valence-electron chi connectivity index (χ1n) is 10.7. The standard InChI is InChI=1S/C24H26ClN3O3S/c1-16-20(25)8-9-21-22(16)26-24(32-21)28(11-3-10-27-12-14-31-15-13-27)23(30)19-6-4-18(5-7-19)17(2)29/h4-9H,3,10-15H2,1-2H3.